The summed E-state index contributed by atoms with van der Waals surface area (Å²) in [6.07, 6.45) is 2.55. The van der Waals surface area contributed by atoms with E-state index in [1.807, 2.05) is 30.5 Å². The summed E-state index contributed by atoms with van der Waals surface area (Å²) in [5.74, 6) is 0.962. The predicted molar refractivity (Wildman–Crippen MR) is 67.9 cm³/mol. The second-order valence-corrected chi connectivity index (χ2v) is 4.20. The Bertz CT molecular complexity index is 641. The number of fused-ring (bicyclic) bond motifs is 1. The summed E-state index contributed by atoms with van der Waals surface area (Å²) >= 11 is 0. The van der Waals surface area contributed by atoms with Crippen molar-refractivity contribution in [1.29, 1.82) is 0 Å². The number of aromatic nitrogens is 3. The molecule has 0 atom stereocenters. The lowest BCUT2D eigenvalue weighted by molar-refractivity contribution is 0.985. The van der Waals surface area contributed by atoms with E-state index in [-0.39, 0.29) is 0 Å². The molecule has 3 aromatic rings. The third-order valence-corrected chi connectivity index (χ3v) is 2.76. The van der Waals surface area contributed by atoms with Crippen LogP contribution in [0.15, 0.2) is 42.6 Å². The van der Waals surface area contributed by atoms with Crippen molar-refractivity contribution in [3.8, 4) is 0 Å². The minimum Gasteiger partial charge on any atom is -0.342 e. The summed E-state index contributed by atoms with van der Waals surface area (Å²) in [7, 11) is 0. The van der Waals surface area contributed by atoms with Crippen molar-refractivity contribution in [3.05, 3.63) is 59.7 Å². The third kappa shape index (κ3) is 2.04. The summed E-state index contributed by atoms with van der Waals surface area (Å²) in [5, 5.41) is 0. The van der Waals surface area contributed by atoms with Crippen molar-refractivity contribution in [2.24, 2.45) is 0 Å². The SMILES string of the molecule is Cc1ccc2nc(Cc3ccccn3)[nH]c2c1. The summed E-state index contributed by atoms with van der Waals surface area (Å²) in [5.41, 5.74) is 4.38. The first-order valence-electron chi connectivity index (χ1n) is 5.66. The van der Waals surface area contributed by atoms with E-state index in [9.17, 15) is 0 Å². The number of hydrogen-bond donors (Lipinski definition) is 1. The first-order chi connectivity index (χ1) is 8.31. The van der Waals surface area contributed by atoms with Gasteiger partial charge in [-0.25, -0.2) is 4.98 Å². The molecular weight excluding hydrogens is 210 g/mol. The van der Waals surface area contributed by atoms with E-state index in [4.69, 9.17) is 0 Å². The molecule has 84 valence electrons. The van der Waals surface area contributed by atoms with E-state index >= 15 is 0 Å². The lowest BCUT2D eigenvalue weighted by Gasteiger charge is -1.95. The Kier molecular flexibility index (Phi) is 2.37. The fourth-order valence-corrected chi connectivity index (χ4v) is 1.93. The predicted octanol–water partition coefficient (Wildman–Crippen LogP) is 2.86. The highest BCUT2D eigenvalue weighted by Crippen LogP contribution is 2.14. The van der Waals surface area contributed by atoms with Crippen LogP contribution in [0.2, 0.25) is 0 Å². The van der Waals surface area contributed by atoms with Gasteiger partial charge in [-0.1, -0.05) is 12.1 Å². The molecule has 1 aromatic carbocycles. The van der Waals surface area contributed by atoms with Gasteiger partial charge in [-0.2, -0.15) is 0 Å². The number of imidazole rings is 1. The van der Waals surface area contributed by atoms with Crippen LogP contribution in [0.4, 0.5) is 0 Å². The van der Waals surface area contributed by atoms with Gasteiger partial charge in [-0.3, -0.25) is 4.98 Å². The maximum absolute atomic E-state index is 4.55. The standard InChI is InChI=1S/C14H13N3/c1-10-5-6-12-13(8-10)17-14(16-12)9-11-4-2-3-7-15-11/h2-8H,9H2,1H3,(H,16,17). The molecule has 0 fully saturated rings. The number of hydrogen-bond acceptors (Lipinski definition) is 2. The molecule has 0 bridgehead atoms. The largest absolute Gasteiger partial charge is 0.342 e. The third-order valence-electron chi connectivity index (χ3n) is 2.76. The molecule has 0 aliphatic heterocycles. The molecule has 17 heavy (non-hydrogen) atoms. The van der Waals surface area contributed by atoms with E-state index in [1.54, 1.807) is 0 Å². The number of benzene rings is 1. The quantitative estimate of drug-likeness (QED) is 0.725. The maximum Gasteiger partial charge on any atom is 0.113 e. The summed E-state index contributed by atoms with van der Waals surface area (Å²) in [4.78, 5) is 12.2. The van der Waals surface area contributed by atoms with E-state index in [0.29, 0.717) is 0 Å². The van der Waals surface area contributed by atoms with Gasteiger partial charge in [0.25, 0.3) is 0 Å². The highest BCUT2D eigenvalue weighted by atomic mass is 14.9. The molecular formula is C14H13N3. The summed E-state index contributed by atoms with van der Waals surface area (Å²) in [6, 6.07) is 12.2. The van der Waals surface area contributed by atoms with Crippen LogP contribution < -0.4 is 0 Å². The van der Waals surface area contributed by atoms with Crippen LogP contribution in [0.3, 0.4) is 0 Å². The summed E-state index contributed by atoms with van der Waals surface area (Å²) in [6.45, 7) is 2.08. The number of aromatic amines is 1. The first-order valence-corrected chi connectivity index (χ1v) is 5.66. The number of H-pyrrole nitrogens is 1. The molecule has 0 radical (unpaired) electrons. The molecule has 3 nitrogen and oxygen atoms in total. The highest BCUT2D eigenvalue weighted by molar-refractivity contribution is 5.75. The average Bonchev–Trinajstić information content (AvgIpc) is 2.71. The molecule has 3 rings (SSSR count). The topological polar surface area (TPSA) is 41.6 Å². The van der Waals surface area contributed by atoms with Gasteiger partial charge in [0.2, 0.25) is 0 Å². The molecule has 0 aliphatic carbocycles. The normalized spacial score (nSPS) is 10.9. The average molecular weight is 223 g/mol. The van der Waals surface area contributed by atoms with E-state index in [2.05, 4.69) is 34.0 Å². The van der Waals surface area contributed by atoms with Gasteiger partial charge in [-0.05, 0) is 36.8 Å². The first kappa shape index (κ1) is 10.0. The Labute approximate surface area is 99.5 Å². The van der Waals surface area contributed by atoms with E-state index in [0.717, 1.165) is 29.0 Å². The fourth-order valence-electron chi connectivity index (χ4n) is 1.93. The Morgan fingerprint density at radius 1 is 1.18 bits per heavy atom. The zero-order valence-electron chi connectivity index (χ0n) is 9.64. The lowest BCUT2D eigenvalue weighted by Crippen LogP contribution is -1.92. The minimum absolute atomic E-state index is 0.745. The van der Waals surface area contributed by atoms with Crippen LogP contribution in [0.25, 0.3) is 11.0 Å². The van der Waals surface area contributed by atoms with Crippen LogP contribution in [-0.2, 0) is 6.42 Å². The number of pyridine rings is 1. The van der Waals surface area contributed by atoms with Gasteiger partial charge in [0, 0.05) is 18.3 Å². The monoisotopic (exact) mass is 223 g/mol. The number of aryl methyl sites for hydroxylation is 1. The van der Waals surface area contributed by atoms with E-state index < -0.39 is 0 Å². The van der Waals surface area contributed by atoms with Gasteiger partial charge < -0.3 is 4.98 Å². The molecule has 0 amide bonds. The zero-order chi connectivity index (χ0) is 11.7. The van der Waals surface area contributed by atoms with Crippen molar-refractivity contribution in [2.75, 3.05) is 0 Å². The molecule has 0 saturated carbocycles. The van der Waals surface area contributed by atoms with Gasteiger partial charge >= 0.3 is 0 Å². The molecule has 0 spiro atoms. The van der Waals surface area contributed by atoms with Crippen molar-refractivity contribution in [3.63, 3.8) is 0 Å². The molecule has 2 heterocycles. The van der Waals surface area contributed by atoms with Gasteiger partial charge in [0.15, 0.2) is 0 Å². The smallest absolute Gasteiger partial charge is 0.113 e. The van der Waals surface area contributed by atoms with Gasteiger partial charge in [0.05, 0.1) is 11.0 Å². The number of rotatable bonds is 2. The second-order valence-electron chi connectivity index (χ2n) is 4.20. The number of nitrogens with zero attached hydrogens (tertiary/aromatic N) is 2. The number of nitrogens with one attached hydrogen (secondary N) is 1. The van der Waals surface area contributed by atoms with Crippen LogP contribution in [0.5, 0.6) is 0 Å². The van der Waals surface area contributed by atoms with E-state index in [1.165, 1.54) is 5.56 Å². The second kappa shape index (κ2) is 4.01. The molecule has 0 aliphatic rings. The van der Waals surface area contributed by atoms with Crippen LogP contribution in [-0.4, -0.2) is 15.0 Å². The van der Waals surface area contributed by atoms with Crippen molar-refractivity contribution in [2.45, 2.75) is 13.3 Å². The maximum atomic E-state index is 4.55. The van der Waals surface area contributed by atoms with Crippen molar-refractivity contribution < 1.29 is 0 Å². The molecule has 1 N–H and O–H groups in total. The highest BCUT2D eigenvalue weighted by Gasteiger charge is 2.04. The minimum atomic E-state index is 0.745. The molecule has 3 heteroatoms. The zero-order valence-corrected chi connectivity index (χ0v) is 9.64. The summed E-state index contributed by atoms with van der Waals surface area (Å²) < 4.78 is 0. The Morgan fingerprint density at radius 3 is 2.94 bits per heavy atom. The lowest BCUT2D eigenvalue weighted by atomic mass is 10.2. The van der Waals surface area contributed by atoms with Crippen LogP contribution >= 0.6 is 0 Å². The fraction of sp³-hybridized carbons (Fsp3) is 0.143. The molecule has 2 aromatic heterocycles. The van der Waals surface area contributed by atoms with Crippen LogP contribution in [0, 0.1) is 6.92 Å². The van der Waals surface area contributed by atoms with Gasteiger partial charge in [-0.15, -0.1) is 0 Å². The van der Waals surface area contributed by atoms with Crippen LogP contribution in [0.1, 0.15) is 17.1 Å². The molecule has 0 unspecified atom stereocenters. The Hall–Kier alpha value is -2.16. The molecule has 0 saturated heterocycles. The van der Waals surface area contributed by atoms with Crippen molar-refractivity contribution >= 4 is 11.0 Å². The van der Waals surface area contributed by atoms with Crippen molar-refractivity contribution in [1.82, 2.24) is 15.0 Å². The van der Waals surface area contributed by atoms with Gasteiger partial charge in [0.1, 0.15) is 5.82 Å². The Morgan fingerprint density at radius 2 is 2.12 bits per heavy atom. The Balaban J connectivity index is 1.96.